The third kappa shape index (κ3) is 5.83. The second-order valence-corrected chi connectivity index (χ2v) is 10.0. The van der Waals surface area contributed by atoms with Gasteiger partial charge >= 0.3 is 0 Å². The van der Waals surface area contributed by atoms with Gasteiger partial charge in [-0.1, -0.05) is 6.07 Å². The minimum atomic E-state index is -3.68. The summed E-state index contributed by atoms with van der Waals surface area (Å²) >= 11 is 0. The van der Waals surface area contributed by atoms with Crippen molar-refractivity contribution in [1.29, 1.82) is 0 Å². The van der Waals surface area contributed by atoms with Gasteiger partial charge in [0.05, 0.1) is 11.4 Å². The summed E-state index contributed by atoms with van der Waals surface area (Å²) in [5, 5.41) is 0. The maximum atomic E-state index is 13.1. The molecule has 168 valence electrons. The zero-order chi connectivity index (χ0) is 22.6. The molecule has 6 nitrogen and oxygen atoms in total. The van der Waals surface area contributed by atoms with Crippen LogP contribution in [0.4, 0.5) is 4.39 Å². The summed E-state index contributed by atoms with van der Waals surface area (Å²) in [4.78, 5) is 14.5. The molecule has 3 rings (SSSR count). The number of aryl methyl sites for hydroxylation is 2. The lowest BCUT2D eigenvalue weighted by atomic mass is 9.97. The van der Waals surface area contributed by atoms with Gasteiger partial charge in [-0.25, -0.2) is 12.8 Å². The van der Waals surface area contributed by atoms with E-state index >= 15 is 0 Å². The summed E-state index contributed by atoms with van der Waals surface area (Å²) in [6.45, 7) is 5.41. The normalized spacial score (nSPS) is 15.6. The number of hydrogen-bond donors (Lipinski definition) is 0. The van der Waals surface area contributed by atoms with Gasteiger partial charge in [0, 0.05) is 26.1 Å². The van der Waals surface area contributed by atoms with E-state index in [1.807, 2.05) is 26.0 Å². The molecular weight excluding hydrogens is 419 g/mol. The maximum Gasteiger partial charge on any atom is 0.243 e. The van der Waals surface area contributed by atoms with Gasteiger partial charge in [-0.2, -0.15) is 4.31 Å². The number of rotatable bonds is 7. The highest BCUT2D eigenvalue weighted by atomic mass is 32.2. The maximum absolute atomic E-state index is 13.1. The number of carbonyl (C=O) groups is 1. The molecule has 1 fully saturated rings. The van der Waals surface area contributed by atoms with Gasteiger partial charge in [0.25, 0.3) is 0 Å². The van der Waals surface area contributed by atoms with Crippen molar-refractivity contribution in [2.75, 3.05) is 33.3 Å². The fourth-order valence-corrected chi connectivity index (χ4v) is 5.31. The molecule has 0 spiro atoms. The fourth-order valence-electron chi connectivity index (χ4n) is 3.84. The average molecular weight is 449 g/mol. The second kappa shape index (κ2) is 9.78. The summed E-state index contributed by atoms with van der Waals surface area (Å²) in [6.07, 6.45) is 0.920. The van der Waals surface area contributed by atoms with E-state index in [4.69, 9.17) is 4.74 Å². The van der Waals surface area contributed by atoms with E-state index in [0.29, 0.717) is 26.0 Å². The van der Waals surface area contributed by atoms with Crippen LogP contribution < -0.4 is 4.74 Å². The summed E-state index contributed by atoms with van der Waals surface area (Å²) in [5.74, 6) is 0.0965. The highest BCUT2D eigenvalue weighted by Gasteiger charge is 2.33. The lowest BCUT2D eigenvalue weighted by Crippen LogP contribution is -2.44. The Kier molecular flexibility index (Phi) is 7.33. The van der Waals surface area contributed by atoms with Crippen LogP contribution in [0.1, 0.15) is 24.0 Å². The van der Waals surface area contributed by atoms with E-state index in [2.05, 4.69) is 6.07 Å². The van der Waals surface area contributed by atoms with Gasteiger partial charge in [-0.05, 0) is 74.2 Å². The number of ether oxygens (including phenoxy) is 1. The van der Waals surface area contributed by atoms with Crippen LogP contribution in [0.2, 0.25) is 0 Å². The molecule has 1 saturated heterocycles. The molecule has 2 aromatic rings. The van der Waals surface area contributed by atoms with Crippen molar-refractivity contribution in [2.24, 2.45) is 5.92 Å². The number of sulfonamides is 1. The standard InChI is InChI=1S/C23H29FN2O4S/c1-17-14-18(2)16-21(15-17)30-13-12-25(3)23(27)19-8-10-26(11-9-19)31(28,29)22-6-4-20(24)5-7-22/h4-7,14-16,19H,8-13H2,1-3H3. The van der Waals surface area contributed by atoms with Crippen LogP contribution in [0.3, 0.4) is 0 Å². The molecule has 0 unspecified atom stereocenters. The summed E-state index contributed by atoms with van der Waals surface area (Å²) in [5.41, 5.74) is 2.25. The first-order chi connectivity index (χ1) is 14.7. The Balaban J connectivity index is 1.49. The van der Waals surface area contributed by atoms with Gasteiger partial charge in [0.2, 0.25) is 15.9 Å². The molecule has 0 aromatic heterocycles. The zero-order valence-corrected chi connectivity index (χ0v) is 19.0. The third-order valence-electron chi connectivity index (χ3n) is 5.52. The van der Waals surface area contributed by atoms with Crippen molar-refractivity contribution in [3.8, 4) is 5.75 Å². The predicted octanol–water partition coefficient (Wildman–Crippen LogP) is 3.38. The first-order valence-electron chi connectivity index (χ1n) is 10.4. The predicted molar refractivity (Wildman–Crippen MR) is 117 cm³/mol. The van der Waals surface area contributed by atoms with E-state index in [9.17, 15) is 17.6 Å². The Hall–Kier alpha value is -2.45. The van der Waals surface area contributed by atoms with Crippen LogP contribution in [-0.4, -0.2) is 56.8 Å². The average Bonchev–Trinajstić information content (AvgIpc) is 2.73. The molecule has 0 bridgehead atoms. The van der Waals surface area contributed by atoms with E-state index in [-0.39, 0.29) is 29.8 Å². The molecule has 0 aliphatic carbocycles. The molecule has 0 atom stereocenters. The molecule has 1 aliphatic rings. The van der Waals surface area contributed by atoms with Crippen molar-refractivity contribution in [2.45, 2.75) is 31.6 Å². The first-order valence-corrected chi connectivity index (χ1v) is 11.8. The van der Waals surface area contributed by atoms with Crippen LogP contribution in [-0.2, 0) is 14.8 Å². The largest absolute Gasteiger partial charge is 0.492 e. The monoisotopic (exact) mass is 448 g/mol. The number of piperidine rings is 1. The summed E-state index contributed by atoms with van der Waals surface area (Å²) in [6, 6.07) is 10.8. The first kappa shape index (κ1) is 23.2. The molecule has 31 heavy (non-hydrogen) atoms. The highest BCUT2D eigenvalue weighted by Crippen LogP contribution is 2.25. The molecule has 0 N–H and O–H groups in total. The number of nitrogens with zero attached hydrogens (tertiary/aromatic N) is 2. The molecule has 0 radical (unpaired) electrons. The number of halogens is 1. The number of hydrogen-bond acceptors (Lipinski definition) is 4. The Bertz CT molecular complexity index is 996. The minimum Gasteiger partial charge on any atom is -0.492 e. The summed E-state index contributed by atoms with van der Waals surface area (Å²) in [7, 11) is -1.93. The van der Waals surface area contributed by atoms with Crippen molar-refractivity contribution < 1.29 is 22.3 Å². The lowest BCUT2D eigenvalue weighted by molar-refractivity contribution is -0.135. The van der Waals surface area contributed by atoms with Crippen molar-refractivity contribution in [3.05, 3.63) is 59.4 Å². The fraction of sp³-hybridized carbons (Fsp3) is 0.435. The van der Waals surface area contributed by atoms with Gasteiger partial charge in [0.1, 0.15) is 18.2 Å². The number of benzene rings is 2. The van der Waals surface area contributed by atoms with Gasteiger partial charge in [0.15, 0.2) is 0 Å². The quantitative estimate of drug-likeness (QED) is 0.651. The molecule has 8 heteroatoms. The molecule has 1 amide bonds. The molecule has 0 saturated carbocycles. The van der Waals surface area contributed by atoms with Gasteiger partial charge in [-0.15, -0.1) is 0 Å². The Labute approximate surface area is 183 Å². The van der Waals surface area contributed by atoms with Crippen LogP contribution in [0.25, 0.3) is 0 Å². The van der Waals surface area contributed by atoms with Crippen LogP contribution >= 0.6 is 0 Å². The van der Waals surface area contributed by atoms with Crippen LogP contribution in [0.15, 0.2) is 47.4 Å². The van der Waals surface area contributed by atoms with Crippen LogP contribution in [0, 0.1) is 25.6 Å². The van der Waals surface area contributed by atoms with E-state index in [1.165, 1.54) is 16.4 Å². The minimum absolute atomic E-state index is 0.00264. The van der Waals surface area contributed by atoms with Crippen molar-refractivity contribution in [1.82, 2.24) is 9.21 Å². The van der Waals surface area contributed by atoms with Gasteiger partial charge < -0.3 is 9.64 Å². The lowest BCUT2D eigenvalue weighted by Gasteiger charge is -2.32. The molecule has 1 aliphatic heterocycles. The number of amides is 1. The molecule has 2 aromatic carbocycles. The SMILES string of the molecule is Cc1cc(C)cc(OCCN(C)C(=O)C2CCN(S(=O)(=O)c3ccc(F)cc3)CC2)c1. The number of carbonyl (C=O) groups excluding carboxylic acids is 1. The van der Waals surface area contributed by atoms with E-state index < -0.39 is 15.8 Å². The zero-order valence-electron chi connectivity index (χ0n) is 18.2. The van der Waals surface area contributed by atoms with E-state index in [1.54, 1.807) is 11.9 Å². The van der Waals surface area contributed by atoms with Gasteiger partial charge in [-0.3, -0.25) is 4.79 Å². The highest BCUT2D eigenvalue weighted by molar-refractivity contribution is 7.89. The third-order valence-corrected chi connectivity index (χ3v) is 7.43. The Morgan fingerprint density at radius 3 is 2.26 bits per heavy atom. The number of likely N-dealkylation sites (N-methyl/N-ethyl adjacent to an activating group) is 1. The van der Waals surface area contributed by atoms with Crippen molar-refractivity contribution >= 4 is 15.9 Å². The molecular formula is C23H29FN2O4S. The van der Waals surface area contributed by atoms with Crippen molar-refractivity contribution in [3.63, 3.8) is 0 Å². The molecule has 1 heterocycles. The second-order valence-electron chi connectivity index (χ2n) is 8.06. The summed E-state index contributed by atoms with van der Waals surface area (Å²) < 4.78 is 45.7. The van der Waals surface area contributed by atoms with E-state index in [0.717, 1.165) is 29.0 Å². The topological polar surface area (TPSA) is 66.9 Å². The Morgan fingerprint density at radius 2 is 1.68 bits per heavy atom. The van der Waals surface area contributed by atoms with Crippen LogP contribution in [0.5, 0.6) is 5.75 Å². The smallest absolute Gasteiger partial charge is 0.243 e. The Morgan fingerprint density at radius 1 is 1.10 bits per heavy atom.